The number of esters is 1. The van der Waals surface area contributed by atoms with Gasteiger partial charge in [-0.3, -0.25) is 4.79 Å². The normalized spacial score (nSPS) is 11.9. The summed E-state index contributed by atoms with van der Waals surface area (Å²) in [6.45, 7) is 2.13. The SMILES string of the molecule is CCCCCC[C@H](NC=O)C(=O)OC. The fraction of sp³-hybridized carbons (Fsp3) is 0.800. The van der Waals surface area contributed by atoms with Gasteiger partial charge < -0.3 is 10.1 Å². The molecule has 0 fully saturated rings. The smallest absolute Gasteiger partial charge is 0.328 e. The number of hydrogen-bond acceptors (Lipinski definition) is 3. The minimum atomic E-state index is -0.477. The van der Waals surface area contributed by atoms with Crippen LogP contribution in [0.2, 0.25) is 0 Å². The number of ether oxygens (including phenoxy) is 1. The molecule has 82 valence electrons. The molecule has 0 aromatic carbocycles. The average Bonchev–Trinajstić information content (AvgIpc) is 2.21. The van der Waals surface area contributed by atoms with Crippen LogP contribution in [-0.4, -0.2) is 25.5 Å². The summed E-state index contributed by atoms with van der Waals surface area (Å²) in [6.07, 6.45) is 5.55. The lowest BCUT2D eigenvalue weighted by atomic mass is 10.1. The van der Waals surface area contributed by atoms with Crippen molar-refractivity contribution in [3.8, 4) is 0 Å². The monoisotopic (exact) mass is 201 g/mol. The molecule has 0 aliphatic heterocycles. The molecule has 0 aliphatic rings. The molecule has 0 heterocycles. The van der Waals surface area contributed by atoms with Crippen LogP contribution < -0.4 is 5.32 Å². The Morgan fingerprint density at radius 3 is 2.64 bits per heavy atom. The minimum absolute atomic E-state index is 0.367. The molecule has 1 atom stereocenters. The van der Waals surface area contributed by atoms with E-state index in [9.17, 15) is 9.59 Å². The van der Waals surface area contributed by atoms with Gasteiger partial charge in [0, 0.05) is 0 Å². The van der Waals surface area contributed by atoms with Crippen molar-refractivity contribution in [2.24, 2.45) is 0 Å². The molecular weight excluding hydrogens is 182 g/mol. The molecule has 0 bridgehead atoms. The Bertz CT molecular complexity index is 171. The number of hydrogen-bond donors (Lipinski definition) is 1. The third kappa shape index (κ3) is 5.56. The van der Waals surface area contributed by atoms with E-state index in [0.717, 1.165) is 25.7 Å². The van der Waals surface area contributed by atoms with Crippen molar-refractivity contribution >= 4 is 12.4 Å². The highest BCUT2D eigenvalue weighted by Crippen LogP contribution is 2.06. The predicted molar refractivity (Wildman–Crippen MR) is 53.8 cm³/mol. The van der Waals surface area contributed by atoms with E-state index in [1.165, 1.54) is 7.11 Å². The summed E-state index contributed by atoms with van der Waals surface area (Å²) in [5, 5.41) is 2.46. The molecule has 0 aliphatic carbocycles. The molecule has 1 amide bonds. The molecule has 4 heteroatoms. The van der Waals surface area contributed by atoms with Gasteiger partial charge in [-0.1, -0.05) is 32.6 Å². The highest BCUT2D eigenvalue weighted by molar-refractivity contribution is 5.77. The van der Waals surface area contributed by atoms with Crippen molar-refractivity contribution in [2.45, 2.75) is 45.1 Å². The Labute approximate surface area is 85.0 Å². The number of carbonyl (C=O) groups is 2. The van der Waals surface area contributed by atoms with Crippen molar-refractivity contribution in [1.82, 2.24) is 5.32 Å². The zero-order valence-electron chi connectivity index (χ0n) is 8.91. The predicted octanol–water partition coefficient (Wildman–Crippen LogP) is 1.24. The Balaban J connectivity index is 3.72. The highest BCUT2D eigenvalue weighted by atomic mass is 16.5. The van der Waals surface area contributed by atoms with Gasteiger partial charge in [0.2, 0.25) is 6.41 Å². The molecule has 0 aromatic rings. The lowest BCUT2D eigenvalue weighted by Crippen LogP contribution is -2.36. The van der Waals surface area contributed by atoms with Crippen molar-refractivity contribution < 1.29 is 14.3 Å². The van der Waals surface area contributed by atoms with Crippen LogP contribution in [-0.2, 0) is 14.3 Å². The van der Waals surface area contributed by atoms with Crippen LogP contribution >= 0.6 is 0 Å². The summed E-state index contributed by atoms with van der Waals surface area (Å²) in [4.78, 5) is 21.3. The van der Waals surface area contributed by atoms with Gasteiger partial charge in [-0.2, -0.15) is 0 Å². The number of nitrogens with one attached hydrogen (secondary N) is 1. The first-order valence-corrected chi connectivity index (χ1v) is 5.03. The van der Waals surface area contributed by atoms with Gasteiger partial charge in [0.25, 0.3) is 0 Å². The van der Waals surface area contributed by atoms with E-state index < -0.39 is 6.04 Å². The molecule has 14 heavy (non-hydrogen) atoms. The summed E-state index contributed by atoms with van der Waals surface area (Å²) in [5.74, 6) is -0.367. The first kappa shape index (κ1) is 12.9. The second kappa shape index (κ2) is 8.53. The molecule has 0 aromatic heterocycles. The zero-order chi connectivity index (χ0) is 10.8. The Morgan fingerprint density at radius 1 is 1.43 bits per heavy atom. The average molecular weight is 201 g/mol. The van der Waals surface area contributed by atoms with Gasteiger partial charge in [0.05, 0.1) is 7.11 Å². The summed E-state index contributed by atoms with van der Waals surface area (Å²) in [7, 11) is 1.33. The summed E-state index contributed by atoms with van der Waals surface area (Å²) in [5.41, 5.74) is 0. The Hall–Kier alpha value is -1.06. The quantitative estimate of drug-likeness (QED) is 0.365. The lowest BCUT2D eigenvalue weighted by molar-refractivity contribution is -0.144. The van der Waals surface area contributed by atoms with E-state index in [2.05, 4.69) is 17.0 Å². The molecule has 0 radical (unpaired) electrons. The zero-order valence-corrected chi connectivity index (χ0v) is 8.91. The molecule has 4 nitrogen and oxygen atoms in total. The topological polar surface area (TPSA) is 55.4 Å². The first-order chi connectivity index (χ1) is 6.76. The number of rotatable bonds is 8. The van der Waals surface area contributed by atoms with Crippen molar-refractivity contribution in [3.63, 3.8) is 0 Å². The van der Waals surface area contributed by atoms with E-state index in [1.807, 2.05) is 0 Å². The third-order valence-electron chi connectivity index (χ3n) is 2.10. The summed E-state index contributed by atoms with van der Waals surface area (Å²) >= 11 is 0. The molecule has 0 spiro atoms. The largest absolute Gasteiger partial charge is 0.467 e. The number of carbonyl (C=O) groups excluding carboxylic acids is 2. The van der Waals surface area contributed by atoms with Crippen molar-refractivity contribution in [3.05, 3.63) is 0 Å². The van der Waals surface area contributed by atoms with Crippen LogP contribution in [0.5, 0.6) is 0 Å². The number of unbranched alkanes of at least 4 members (excludes halogenated alkanes) is 3. The van der Waals surface area contributed by atoms with Crippen LogP contribution in [0.4, 0.5) is 0 Å². The van der Waals surface area contributed by atoms with Crippen LogP contribution in [0.3, 0.4) is 0 Å². The van der Waals surface area contributed by atoms with E-state index >= 15 is 0 Å². The third-order valence-corrected chi connectivity index (χ3v) is 2.10. The standard InChI is InChI=1S/C10H19NO3/c1-3-4-5-6-7-9(11-8-12)10(13)14-2/h8-9H,3-7H2,1-2H3,(H,11,12)/t9-/m0/s1. The fourth-order valence-corrected chi connectivity index (χ4v) is 1.27. The second-order valence-electron chi connectivity index (χ2n) is 3.21. The maximum Gasteiger partial charge on any atom is 0.328 e. The maximum atomic E-state index is 11.1. The van der Waals surface area contributed by atoms with Crippen LogP contribution in [0.1, 0.15) is 39.0 Å². The Kier molecular flexibility index (Phi) is 7.89. The Morgan fingerprint density at radius 2 is 2.14 bits per heavy atom. The van der Waals surface area contributed by atoms with Crippen molar-refractivity contribution in [1.29, 1.82) is 0 Å². The number of methoxy groups -OCH3 is 1. The summed E-state index contributed by atoms with van der Waals surface area (Å²) < 4.78 is 4.56. The first-order valence-electron chi connectivity index (χ1n) is 5.03. The van der Waals surface area contributed by atoms with Crippen molar-refractivity contribution in [2.75, 3.05) is 7.11 Å². The molecule has 0 unspecified atom stereocenters. The van der Waals surface area contributed by atoms with Crippen LogP contribution in [0.15, 0.2) is 0 Å². The minimum Gasteiger partial charge on any atom is -0.467 e. The summed E-state index contributed by atoms with van der Waals surface area (Å²) in [6, 6.07) is -0.477. The van der Waals surface area contributed by atoms with E-state index in [-0.39, 0.29) is 5.97 Å². The maximum absolute atomic E-state index is 11.1. The van der Waals surface area contributed by atoms with Crippen LogP contribution in [0, 0.1) is 0 Å². The molecule has 0 saturated heterocycles. The van der Waals surface area contributed by atoms with Gasteiger partial charge in [-0.05, 0) is 6.42 Å². The van der Waals surface area contributed by atoms with Gasteiger partial charge in [-0.25, -0.2) is 4.79 Å². The fourth-order valence-electron chi connectivity index (χ4n) is 1.27. The number of amides is 1. The van der Waals surface area contributed by atoms with Gasteiger partial charge in [0.1, 0.15) is 6.04 Å². The molecule has 1 N–H and O–H groups in total. The van der Waals surface area contributed by atoms with E-state index in [1.54, 1.807) is 0 Å². The van der Waals surface area contributed by atoms with E-state index in [4.69, 9.17) is 0 Å². The molecule has 0 rings (SSSR count). The van der Waals surface area contributed by atoms with Gasteiger partial charge in [0.15, 0.2) is 0 Å². The van der Waals surface area contributed by atoms with Crippen LogP contribution in [0.25, 0.3) is 0 Å². The highest BCUT2D eigenvalue weighted by Gasteiger charge is 2.16. The second-order valence-corrected chi connectivity index (χ2v) is 3.21. The van der Waals surface area contributed by atoms with Gasteiger partial charge >= 0.3 is 5.97 Å². The lowest BCUT2D eigenvalue weighted by Gasteiger charge is -2.12. The van der Waals surface area contributed by atoms with Gasteiger partial charge in [-0.15, -0.1) is 0 Å². The molecule has 0 saturated carbocycles. The van der Waals surface area contributed by atoms with E-state index in [0.29, 0.717) is 12.8 Å². The molecular formula is C10H19NO3.